The Morgan fingerprint density at radius 3 is 2.72 bits per heavy atom. The zero-order valence-corrected chi connectivity index (χ0v) is 10.4. The van der Waals surface area contributed by atoms with Gasteiger partial charge in [0.2, 0.25) is 0 Å². The molecule has 0 aromatic heterocycles. The second-order valence-electron chi connectivity index (χ2n) is 4.08. The number of phenolic OH excluding ortho intramolecular Hbond substituents is 1. The van der Waals surface area contributed by atoms with Crippen LogP contribution in [0.4, 0.5) is 4.39 Å². The third-order valence-electron chi connectivity index (χ3n) is 2.58. The topological polar surface area (TPSA) is 60.8 Å². The van der Waals surface area contributed by atoms with E-state index in [1.54, 1.807) is 4.90 Å². The highest BCUT2D eigenvalue weighted by molar-refractivity contribution is 6.00. The molecule has 0 fully saturated rings. The number of hydrogen-bond donors (Lipinski definition) is 2. The fourth-order valence-corrected chi connectivity index (χ4v) is 1.75. The quantitative estimate of drug-likeness (QED) is 0.723. The van der Waals surface area contributed by atoms with Crippen LogP contribution in [0.5, 0.6) is 5.75 Å². The summed E-state index contributed by atoms with van der Waals surface area (Å²) in [5, 5.41) is 18.4. The number of phenols is 1. The van der Waals surface area contributed by atoms with Crippen molar-refractivity contribution in [2.45, 2.75) is 13.3 Å². The number of aliphatic hydroxyl groups excluding tert-OH is 1. The van der Waals surface area contributed by atoms with E-state index in [1.165, 1.54) is 6.07 Å². The number of carbonyl (C=O) groups excluding carboxylic acids is 1. The molecule has 0 aliphatic heterocycles. The van der Waals surface area contributed by atoms with Crippen molar-refractivity contribution < 1.29 is 19.4 Å². The molecule has 0 saturated carbocycles. The Hall–Kier alpha value is -1.46. The van der Waals surface area contributed by atoms with Gasteiger partial charge >= 0.3 is 0 Å². The van der Waals surface area contributed by atoms with E-state index in [4.69, 9.17) is 5.11 Å². The van der Waals surface area contributed by atoms with Crippen LogP contribution >= 0.6 is 0 Å². The summed E-state index contributed by atoms with van der Waals surface area (Å²) in [5.41, 5.74) is -0.0194. The molecule has 1 rings (SSSR count). The van der Waals surface area contributed by atoms with Gasteiger partial charge in [-0.1, -0.05) is 6.92 Å². The second kappa shape index (κ2) is 7.08. The van der Waals surface area contributed by atoms with Gasteiger partial charge in [0, 0.05) is 6.54 Å². The third-order valence-corrected chi connectivity index (χ3v) is 2.58. The van der Waals surface area contributed by atoms with E-state index in [9.17, 15) is 14.3 Å². The van der Waals surface area contributed by atoms with Gasteiger partial charge in [-0.3, -0.25) is 9.69 Å². The first-order valence-corrected chi connectivity index (χ1v) is 5.93. The maximum atomic E-state index is 13.0. The second-order valence-corrected chi connectivity index (χ2v) is 4.08. The number of nitrogens with zero attached hydrogens (tertiary/aromatic N) is 1. The standard InChI is InChI=1S/C13H18FNO3/c1-2-5-15(6-7-16)9-13(18)11-8-10(14)3-4-12(11)17/h3-4,8,16-17H,2,5-7,9H2,1H3. The summed E-state index contributed by atoms with van der Waals surface area (Å²) in [6.07, 6.45) is 0.850. The summed E-state index contributed by atoms with van der Waals surface area (Å²) >= 11 is 0. The Kier molecular flexibility index (Phi) is 5.74. The molecular weight excluding hydrogens is 237 g/mol. The maximum Gasteiger partial charge on any atom is 0.180 e. The van der Waals surface area contributed by atoms with Crippen LogP contribution in [-0.2, 0) is 0 Å². The van der Waals surface area contributed by atoms with Gasteiger partial charge in [-0.05, 0) is 31.2 Å². The van der Waals surface area contributed by atoms with E-state index in [2.05, 4.69) is 0 Å². The number of rotatable bonds is 7. The van der Waals surface area contributed by atoms with Gasteiger partial charge in [-0.2, -0.15) is 0 Å². The number of halogens is 1. The number of hydrogen-bond acceptors (Lipinski definition) is 4. The fourth-order valence-electron chi connectivity index (χ4n) is 1.75. The summed E-state index contributed by atoms with van der Waals surface area (Å²) in [5.74, 6) is -1.13. The molecule has 1 aromatic carbocycles. The van der Waals surface area contributed by atoms with Crippen LogP contribution in [-0.4, -0.2) is 47.1 Å². The van der Waals surface area contributed by atoms with E-state index in [0.29, 0.717) is 13.1 Å². The van der Waals surface area contributed by atoms with Gasteiger partial charge in [0.1, 0.15) is 11.6 Å². The molecule has 100 valence electrons. The number of carbonyl (C=O) groups is 1. The lowest BCUT2D eigenvalue weighted by Crippen LogP contribution is -2.33. The lowest BCUT2D eigenvalue weighted by Gasteiger charge is -2.19. The number of benzene rings is 1. The first kappa shape index (κ1) is 14.6. The molecule has 0 aliphatic rings. The van der Waals surface area contributed by atoms with Crippen LogP contribution in [0.1, 0.15) is 23.7 Å². The largest absolute Gasteiger partial charge is 0.507 e. The van der Waals surface area contributed by atoms with Crippen molar-refractivity contribution in [1.82, 2.24) is 4.90 Å². The Morgan fingerprint density at radius 1 is 1.39 bits per heavy atom. The molecule has 5 heteroatoms. The van der Waals surface area contributed by atoms with Crippen LogP contribution in [0.15, 0.2) is 18.2 Å². The van der Waals surface area contributed by atoms with Crippen molar-refractivity contribution in [3.63, 3.8) is 0 Å². The smallest absolute Gasteiger partial charge is 0.180 e. The van der Waals surface area contributed by atoms with Crippen LogP contribution in [0.2, 0.25) is 0 Å². The van der Waals surface area contributed by atoms with Crippen LogP contribution in [0.3, 0.4) is 0 Å². The van der Waals surface area contributed by atoms with E-state index in [1.807, 2.05) is 6.92 Å². The van der Waals surface area contributed by atoms with Crippen molar-refractivity contribution >= 4 is 5.78 Å². The van der Waals surface area contributed by atoms with Gasteiger partial charge in [-0.15, -0.1) is 0 Å². The number of Topliss-reactive ketones (excluding diaryl/α,β-unsaturated/α-hetero) is 1. The number of aliphatic hydroxyl groups is 1. The lowest BCUT2D eigenvalue weighted by atomic mass is 10.1. The van der Waals surface area contributed by atoms with Crippen molar-refractivity contribution in [2.24, 2.45) is 0 Å². The molecule has 2 N–H and O–H groups in total. The minimum atomic E-state index is -0.555. The molecular formula is C13H18FNO3. The van der Waals surface area contributed by atoms with Crippen LogP contribution in [0, 0.1) is 5.82 Å². The summed E-state index contributed by atoms with van der Waals surface area (Å²) in [4.78, 5) is 13.7. The Bertz CT molecular complexity index is 403. The molecule has 0 unspecified atom stereocenters. The minimum Gasteiger partial charge on any atom is -0.507 e. The van der Waals surface area contributed by atoms with Crippen molar-refractivity contribution in [3.8, 4) is 5.75 Å². The summed E-state index contributed by atoms with van der Waals surface area (Å²) in [6, 6.07) is 3.29. The Labute approximate surface area is 106 Å². The van der Waals surface area contributed by atoms with Gasteiger partial charge in [-0.25, -0.2) is 4.39 Å². The first-order valence-electron chi connectivity index (χ1n) is 5.93. The fraction of sp³-hybridized carbons (Fsp3) is 0.462. The van der Waals surface area contributed by atoms with Crippen LogP contribution in [0.25, 0.3) is 0 Å². The van der Waals surface area contributed by atoms with Gasteiger partial charge < -0.3 is 10.2 Å². The average Bonchev–Trinajstić information content (AvgIpc) is 2.33. The van der Waals surface area contributed by atoms with E-state index in [0.717, 1.165) is 18.6 Å². The van der Waals surface area contributed by atoms with Crippen LogP contribution < -0.4 is 0 Å². The van der Waals surface area contributed by atoms with E-state index >= 15 is 0 Å². The first-order chi connectivity index (χ1) is 8.58. The van der Waals surface area contributed by atoms with E-state index < -0.39 is 5.82 Å². The van der Waals surface area contributed by atoms with Gasteiger partial charge in [0.25, 0.3) is 0 Å². The van der Waals surface area contributed by atoms with Crippen molar-refractivity contribution in [2.75, 3.05) is 26.2 Å². The molecule has 4 nitrogen and oxygen atoms in total. The molecule has 0 amide bonds. The molecule has 1 aromatic rings. The molecule has 0 saturated heterocycles. The molecule has 0 bridgehead atoms. The molecule has 0 heterocycles. The molecule has 0 atom stereocenters. The molecule has 0 radical (unpaired) electrons. The Balaban J connectivity index is 2.76. The normalized spacial score (nSPS) is 10.9. The average molecular weight is 255 g/mol. The predicted octanol–water partition coefficient (Wildman–Crippen LogP) is 1.42. The van der Waals surface area contributed by atoms with Gasteiger partial charge in [0.05, 0.1) is 18.7 Å². The van der Waals surface area contributed by atoms with Gasteiger partial charge in [0.15, 0.2) is 5.78 Å². The maximum absolute atomic E-state index is 13.0. The highest BCUT2D eigenvalue weighted by atomic mass is 19.1. The molecule has 0 aliphatic carbocycles. The number of ketones is 1. The zero-order valence-electron chi connectivity index (χ0n) is 10.4. The number of aromatic hydroxyl groups is 1. The highest BCUT2D eigenvalue weighted by Gasteiger charge is 2.15. The molecule has 18 heavy (non-hydrogen) atoms. The lowest BCUT2D eigenvalue weighted by molar-refractivity contribution is 0.0912. The summed E-state index contributed by atoms with van der Waals surface area (Å²) < 4.78 is 13.0. The highest BCUT2D eigenvalue weighted by Crippen LogP contribution is 2.18. The Morgan fingerprint density at radius 2 is 2.11 bits per heavy atom. The van der Waals surface area contributed by atoms with Crippen molar-refractivity contribution in [3.05, 3.63) is 29.6 Å². The third kappa shape index (κ3) is 4.09. The SMILES string of the molecule is CCCN(CCO)CC(=O)c1cc(F)ccc1O. The minimum absolute atomic E-state index is 0.0194. The van der Waals surface area contributed by atoms with Crippen molar-refractivity contribution in [1.29, 1.82) is 0 Å². The summed E-state index contributed by atoms with van der Waals surface area (Å²) in [6.45, 7) is 3.04. The zero-order chi connectivity index (χ0) is 13.5. The monoisotopic (exact) mass is 255 g/mol. The predicted molar refractivity (Wildman–Crippen MR) is 66.2 cm³/mol. The van der Waals surface area contributed by atoms with E-state index in [-0.39, 0.29) is 30.2 Å². The summed E-state index contributed by atoms with van der Waals surface area (Å²) in [7, 11) is 0. The molecule has 0 spiro atoms.